The van der Waals surface area contributed by atoms with Crippen molar-refractivity contribution in [3.63, 3.8) is 0 Å². The second-order valence-corrected chi connectivity index (χ2v) is 14.2. The number of guanidine groups is 1. The van der Waals surface area contributed by atoms with Crippen LogP contribution in [-0.2, 0) is 26.3 Å². The third-order valence-corrected chi connectivity index (χ3v) is 9.50. The van der Waals surface area contributed by atoms with E-state index in [4.69, 9.17) is 39.5 Å². The van der Waals surface area contributed by atoms with Gasteiger partial charge in [0.1, 0.15) is 0 Å². The minimum atomic E-state index is -3.62. The molecule has 6 N–H and O–H groups in total. The van der Waals surface area contributed by atoms with Gasteiger partial charge in [0.2, 0.25) is 10.0 Å². The predicted molar refractivity (Wildman–Crippen MR) is 178 cm³/mol. The van der Waals surface area contributed by atoms with Gasteiger partial charge in [-0.15, -0.1) is 0 Å². The number of sulfonamides is 1. The number of nitrogens with one attached hydrogen (secondary N) is 2. The second-order valence-electron chi connectivity index (χ2n) is 11.5. The molecule has 0 saturated heterocycles. The van der Waals surface area contributed by atoms with E-state index >= 15 is 0 Å². The van der Waals surface area contributed by atoms with E-state index in [0.29, 0.717) is 40.1 Å². The molecule has 0 bridgehead atoms. The molecule has 1 aliphatic heterocycles. The van der Waals surface area contributed by atoms with Gasteiger partial charge in [0.05, 0.1) is 24.8 Å². The molecular formula is C32H34Cl2N6O6S. The number of hydroxylamine groups is 1. The summed E-state index contributed by atoms with van der Waals surface area (Å²) in [6.45, 7) is -0.110. The van der Waals surface area contributed by atoms with Crippen LogP contribution in [0.15, 0.2) is 71.7 Å². The lowest BCUT2D eigenvalue weighted by Crippen LogP contribution is -2.59. The Morgan fingerprint density at radius 2 is 1.74 bits per heavy atom. The Bertz CT molecular complexity index is 1830. The Balaban J connectivity index is 1.52. The van der Waals surface area contributed by atoms with Crippen molar-refractivity contribution in [2.45, 2.75) is 56.3 Å². The summed E-state index contributed by atoms with van der Waals surface area (Å²) in [5.41, 5.74) is 15.2. The van der Waals surface area contributed by atoms with Crippen LogP contribution in [0.1, 0.15) is 75.0 Å². The number of benzene rings is 3. The Hall–Kier alpha value is -4.01. The van der Waals surface area contributed by atoms with Gasteiger partial charge in [-0.3, -0.25) is 19.2 Å². The van der Waals surface area contributed by atoms with E-state index in [-0.39, 0.29) is 29.1 Å². The van der Waals surface area contributed by atoms with Crippen LogP contribution >= 0.6 is 23.2 Å². The van der Waals surface area contributed by atoms with Crippen LogP contribution in [0.25, 0.3) is 0 Å². The van der Waals surface area contributed by atoms with Crippen LogP contribution in [0, 0.1) is 0 Å². The minimum Gasteiger partial charge on any atom is -0.370 e. The van der Waals surface area contributed by atoms with Crippen LogP contribution in [0.5, 0.6) is 0 Å². The van der Waals surface area contributed by atoms with Crippen LogP contribution in [-0.4, -0.2) is 55.3 Å². The van der Waals surface area contributed by atoms with Gasteiger partial charge < -0.3 is 16.4 Å². The number of rotatable bonds is 9. The van der Waals surface area contributed by atoms with E-state index < -0.39 is 45.9 Å². The van der Waals surface area contributed by atoms with Gasteiger partial charge in [0.25, 0.3) is 17.7 Å². The zero-order valence-corrected chi connectivity index (χ0v) is 27.7. The van der Waals surface area contributed by atoms with Crippen LogP contribution < -0.4 is 21.7 Å². The smallest absolute Gasteiger partial charge is 0.280 e. The number of amides is 3. The van der Waals surface area contributed by atoms with Crippen LogP contribution in [0.3, 0.4) is 0 Å². The van der Waals surface area contributed by atoms with E-state index in [9.17, 15) is 22.8 Å². The SMILES string of the molecule is CS(=O)(=O)N[C@H]1CCCC[C@@H]1N1C(=O)c2ccccc2[C@@H](C(=O)NOCc2cccc(C(=O)N=C(N)N)c2)[C@@H]1c1ccc(Cl)cc1Cl. The zero-order valence-electron chi connectivity index (χ0n) is 25.4. The summed E-state index contributed by atoms with van der Waals surface area (Å²) < 4.78 is 27.5. The predicted octanol–water partition coefficient (Wildman–Crippen LogP) is 3.80. The van der Waals surface area contributed by atoms with Crippen LogP contribution in [0.4, 0.5) is 0 Å². The Morgan fingerprint density at radius 3 is 2.47 bits per heavy atom. The quantitative estimate of drug-likeness (QED) is 0.147. The van der Waals surface area contributed by atoms with Gasteiger partial charge in [0, 0.05) is 33.3 Å². The van der Waals surface area contributed by atoms with E-state index in [1.807, 2.05) is 0 Å². The number of nitrogens with zero attached hydrogens (tertiary/aromatic N) is 2. The largest absolute Gasteiger partial charge is 0.370 e. The lowest BCUT2D eigenvalue weighted by molar-refractivity contribution is -0.138. The number of hydrogen-bond donors (Lipinski definition) is 4. The lowest BCUT2D eigenvalue weighted by Gasteiger charge is -2.49. The molecule has 0 spiro atoms. The van der Waals surface area contributed by atoms with E-state index in [0.717, 1.165) is 19.1 Å². The molecule has 1 heterocycles. The first-order chi connectivity index (χ1) is 22.3. The Morgan fingerprint density at radius 1 is 1.00 bits per heavy atom. The summed E-state index contributed by atoms with van der Waals surface area (Å²) in [6, 6.07) is 15.9. The highest BCUT2D eigenvalue weighted by Crippen LogP contribution is 2.47. The minimum absolute atomic E-state index is 0.110. The normalized spacial score (nSPS) is 21.1. The van der Waals surface area contributed by atoms with Crippen molar-refractivity contribution in [3.05, 3.63) is 105 Å². The molecule has 2 aliphatic rings. The lowest BCUT2D eigenvalue weighted by atomic mass is 9.76. The van der Waals surface area contributed by atoms with Crippen molar-refractivity contribution < 1.29 is 27.6 Å². The summed E-state index contributed by atoms with van der Waals surface area (Å²) in [5, 5.41) is 0.607. The van der Waals surface area contributed by atoms with E-state index in [1.54, 1.807) is 59.5 Å². The van der Waals surface area contributed by atoms with Crippen molar-refractivity contribution in [1.29, 1.82) is 0 Å². The van der Waals surface area contributed by atoms with Gasteiger partial charge in [-0.25, -0.2) is 18.6 Å². The number of carbonyl (C=O) groups excluding carboxylic acids is 3. The zero-order chi connectivity index (χ0) is 33.9. The molecule has 1 saturated carbocycles. The molecule has 0 aromatic heterocycles. The van der Waals surface area contributed by atoms with Gasteiger partial charge in [-0.2, -0.15) is 4.99 Å². The summed E-state index contributed by atoms with van der Waals surface area (Å²) in [5.74, 6) is -2.93. The van der Waals surface area contributed by atoms with Crippen molar-refractivity contribution in [3.8, 4) is 0 Å². The molecule has 3 amide bonds. The summed E-state index contributed by atoms with van der Waals surface area (Å²) in [4.78, 5) is 51.6. The topological polar surface area (TPSA) is 186 Å². The maximum atomic E-state index is 14.4. The van der Waals surface area contributed by atoms with Gasteiger partial charge >= 0.3 is 0 Å². The number of hydrogen-bond acceptors (Lipinski definition) is 6. The fourth-order valence-electron chi connectivity index (χ4n) is 6.36. The van der Waals surface area contributed by atoms with Gasteiger partial charge in [-0.1, -0.05) is 72.4 Å². The highest BCUT2D eigenvalue weighted by molar-refractivity contribution is 7.88. The Labute approximate surface area is 282 Å². The van der Waals surface area contributed by atoms with Crippen molar-refractivity contribution in [2.24, 2.45) is 16.5 Å². The Kier molecular flexibility index (Phi) is 10.5. The van der Waals surface area contributed by atoms with Crippen LogP contribution in [0.2, 0.25) is 10.0 Å². The van der Waals surface area contributed by atoms with Crippen molar-refractivity contribution in [2.75, 3.05) is 6.26 Å². The van der Waals surface area contributed by atoms with E-state index in [1.165, 1.54) is 12.1 Å². The molecule has 1 aliphatic carbocycles. The number of carbonyl (C=O) groups is 3. The first kappa shape index (κ1) is 34.3. The van der Waals surface area contributed by atoms with E-state index in [2.05, 4.69) is 15.2 Å². The van der Waals surface area contributed by atoms with Crippen molar-refractivity contribution >= 4 is 56.9 Å². The summed E-state index contributed by atoms with van der Waals surface area (Å²) >= 11 is 13.0. The highest BCUT2D eigenvalue weighted by Gasteiger charge is 2.49. The molecule has 3 aromatic rings. The maximum Gasteiger partial charge on any atom is 0.280 e. The first-order valence-corrected chi connectivity index (χ1v) is 17.5. The molecule has 3 aromatic carbocycles. The molecule has 0 unspecified atom stereocenters. The number of fused-ring (bicyclic) bond motifs is 1. The van der Waals surface area contributed by atoms with Gasteiger partial charge in [0.15, 0.2) is 5.96 Å². The summed E-state index contributed by atoms with van der Waals surface area (Å²) in [6.07, 6.45) is 3.62. The third-order valence-electron chi connectivity index (χ3n) is 8.21. The van der Waals surface area contributed by atoms with Gasteiger partial charge in [-0.05, 0) is 59.9 Å². The average Bonchev–Trinajstić information content (AvgIpc) is 3.01. The first-order valence-electron chi connectivity index (χ1n) is 14.8. The fraction of sp³-hybridized carbons (Fsp3) is 0.312. The molecular weight excluding hydrogens is 667 g/mol. The molecule has 0 radical (unpaired) electrons. The average molecular weight is 702 g/mol. The number of nitrogens with two attached hydrogens (primary N) is 2. The summed E-state index contributed by atoms with van der Waals surface area (Å²) in [7, 11) is -3.62. The number of aliphatic imine (C=N–C) groups is 1. The number of halogens is 2. The molecule has 47 heavy (non-hydrogen) atoms. The fourth-order valence-corrected chi connectivity index (χ4v) is 7.70. The monoisotopic (exact) mass is 700 g/mol. The second kappa shape index (κ2) is 14.4. The molecule has 12 nitrogen and oxygen atoms in total. The standard InChI is InChI=1S/C32H34Cl2N6O6S/c1-47(44,45)39-25-11-4-5-12-26(25)40-28(23-14-13-20(33)16-24(23)34)27(21-9-2-3-10-22(21)31(40)43)30(42)38-46-17-18-7-6-8-19(15-18)29(41)37-32(35)36/h2-3,6-10,13-16,25-28,39H,4-5,11-12,17H2,1H3,(H,38,42)(H4,35,36,37,41)/t25-,26-,27+,28-/m0/s1. The maximum absolute atomic E-state index is 14.4. The molecule has 248 valence electrons. The highest BCUT2D eigenvalue weighted by atomic mass is 35.5. The molecule has 15 heteroatoms. The molecule has 5 rings (SSSR count). The molecule has 4 atom stereocenters. The van der Waals surface area contributed by atoms with Crippen molar-refractivity contribution in [1.82, 2.24) is 15.1 Å². The molecule has 1 fully saturated rings. The third kappa shape index (κ3) is 7.94.